The van der Waals surface area contributed by atoms with Crippen molar-refractivity contribution >= 4 is 6.09 Å². The van der Waals surface area contributed by atoms with Crippen LogP contribution in [-0.2, 0) is 10.9 Å². The summed E-state index contributed by atoms with van der Waals surface area (Å²) in [6.45, 7) is 0. The van der Waals surface area contributed by atoms with Crippen LogP contribution in [0.1, 0.15) is 28.8 Å². The zero-order chi connectivity index (χ0) is 21.3. The fraction of sp³-hybridized carbons (Fsp3) is 0.174. The van der Waals surface area contributed by atoms with E-state index >= 15 is 0 Å². The molecule has 0 radical (unpaired) electrons. The van der Waals surface area contributed by atoms with Gasteiger partial charge >= 0.3 is 12.3 Å². The quantitative estimate of drug-likeness (QED) is 0.579. The fourth-order valence-corrected chi connectivity index (χ4v) is 3.52. The van der Waals surface area contributed by atoms with E-state index < -0.39 is 30.0 Å². The van der Waals surface area contributed by atoms with Crippen molar-refractivity contribution in [2.24, 2.45) is 0 Å². The number of hydrogen-bond acceptors (Lipinski definition) is 3. The number of cyclic esters (lactones) is 1. The third-order valence-electron chi connectivity index (χ3n) is 5.02. The van der Waals surface area contributed by atoms with E-state index in [-0.39, 0.29) is 0 Å². The molecule has 154 valence electrons. The Morgan fingerprint density at radius 1 is 0.900 bits per heavy atom. The minimum absolute atomic E-state index is 0.445. The monoisotopic (exact) mass is 413 g/mol. The smallest absolute Gasteiger partial charge is 0.416 e. The van der Waals surface area contributed by atoms with Crippen LogP contribution < -0.4 is 10.1 Å². The first-order valence-corrected chi connectivity index (χ1v) is 9.24. The zero-order valence-corrected chi connectivity index (χ0v) is 15.9. The van der Waals surface area contributed by atoms with Crippen LogP contribution in [0.2, 0.25) is 0 Å². The van der Waals surface area contributed by atoms with Gasteiger partial charge in [0.1, 0.15) is 5.75 Å². The zero-order valence-electron chi connectivity index (χ0n) is 15.9. The summed E-state index contributed by atoms with van der Waals surface area (Å²) in [6.07, 6.45) is -5.47. The lowest BCUT2D eigenvalue weighted by molar-refractivity contribution is -0.137. The molecule has 1 N–H and O–H groups in total. The van der Waals surface area contributed by atoms with Crippen molar-refractivity contribution in [3.63, 3.8) is 0 Å². The number of hydrogen-bond donors (Lipinski definition) is 1. The third kappa shape index (κ3) is 3.96. The first-order valence-electron chi connectivity index (χ1n) is 9.24. The number of alkyl halides is 3. The third-order valence-corrected chi connectivity index (χ3v) is 5.02. The average Bonchev–Trinajstić information content (AvgIpc) is 3.15. The first kappa shape index (κ1) is 19.8. The average molecular weight is 413 g/mol. The highest BCUT2D eigenvalue weighted by Gasteiger charge is 2.36. The van der Waals surface area contributed by atoms with Gasteiger partial charge < -0.3 is 14.8 Å². The van der Waals surface area contributed by atoms with E-state index in [1.807, 2.05) is 30.3 Å². The number of amides is 1. The first-order chi connectivity index (χ1) is 14.3. The molecule has 1 aliphatic heterocycles. The molecule has 1 fully saturated rings. The Morgan fingerprint density at radius 2 is 1.60 bits per heavy atom. The molecule has 4 rings (SSSR count). The van der Waals surface area contributed by atoms with Crippen LogP contribution in [0.4, 0.5) is 18.0 Å². The van der Waals surface area contributed by atoms with Gasteiger partial charge in [0.2, 0.25) is 0 Å². The lowest BCUT2D eigenvalue weighted by Crippen LogP contribution is -2.19. The molecule has 7 heteroatoms. The van der Waals surface area contributed by atoms with E-state index in [1.54, 1.807) is 25.3 Å². The van der Waals surface area contributed by atoms with Crippen LogP contribution in [0.15, 0.2) is 72.8 Å². The van der Waals surface area contributed by atoms with Gasteiger partial charge in [0.25, 0.3) is 0 Å². The van der Waals surface area contributed by atoms with E-state index in [0.717, 1.165) is 28.8 Å². The highest BCUT2D eigenvalue weighted by Crippen LogP contribution is 2.39. The minimum atomic E-state index is -4.38. The normalized spacial score (nSPS) is 18.6. The van der Waals surface area contributed by atoms with Crippen LogP contribution in [0.25, 0.3) is 11.1 Å². The summed E-state index contributed by atoms with van der Waals surface area (Å²) in [7, 11) is 1.56. The van der Waals surface area contributed by atoms with Gasteiger partial charge in [-0.1, -0.05) is 42.5 Å². The van der Waals surface area contributed by atoms with Crippen molar-refractivity contribution in [2.45, 2.75) is 18.3 Å². The summed E-state index contributed by atoms with van der Waals surface area (Å²) in [4.78, 5) is 12.0. The molecule has 1 heterocycles. The molecule has 0 spiro atoms. The molecule has 3 aromatic rings. The Bertz CT molecular complexity index is 1060. The molecule has 1 aliphatic rings. The maximum atomic E-state index is 12.8. The summed E-state index contributed by atoms with van der Waals surface area (Å²) < 4.78 is 49.2. The second kappa shape index (κ2) is 7.74. The Morgan fingerprint density at radius 3 is 2.30 bits per heavy atom. The molecule has 1 saturated heterocycles. The van der Waals surface area contributed by atoms with Gasteiger partial charge in [-0.25, -0.2) is 4.79 Å². The highest BCUT2D eigenvalue weighted by atomic mass is 19.4. The Balaban J connectivity index is 1.66. The molecule has 0 bridgehead atoms. The summed E-state index contributed by atoms with van der Waals surface area (Å²) in [5.41, 5.74) is 2.25. The van der Waals surface area contributed by atoms with Crippen LogP contribution in [-0.4, -0.2) is 13.2 Å². The van der Waals surface area contributed by atoms with E-state index in [4.69, 9.17) is 9.47 Å². The van der Waals surface area contributed by atoms with E-state index in [1.165, 1.54) is 12.1 Å². The van der Waals surface area contributed by atoms with Crippen LogP contribution in [0.5, 0.6) is 5.75 Å². The van der Waals surface area contributed by atoms with Crippen molar-refractivity contribution in [3.05, 3.63) is 89.5 Å². The van der Waals surface area contributed by atoms with Gasteiger partial charge in [0.05, 0.1) is 18.7 Å². The molecule has 4 nitrogen and oxygen atoms in total. The number of benzene rings is 3. The van der Waals surface area contributed by atoms with Gasteiger partial charge in [-0.3, -0.25) is 0 Å². The molecule has 0 aliphatic carbocycles. The van der Waals surface area contributed by atoms with Crippen molar-refractivity contribution in [1.82, 2.24) is 5.32 Å². The van der Waals surface area contributed by atoms with Crippen LogP contribution in [0, 0.1) is 0 Å². The lowest BCUT2D eigenvalue weighted by Gasteiger charge is -2.19. The molecular formula is C23H18F3NO3. The molecule has 0 saturated carbocycles. The summed E-state index contributed by atoms with van der Waals surface area (Å²) in [5.74, 6) is 0.646. The number of alkyl carbamates (subject to hydrolysis) is 1. The molecule has 30 heavy (non-hydrogen) atoms. The van der Waals surface area contributed by atoms with Crippen LogP contribution in [0.3, 0.4) is 0 Å². The summed E-state index contributed by atoms with van der Waals surface area (Å²) in [5, 5.41) is 2.81. The number of methoxy groups -OCH3 is 1. The molecule has 1 amide bonds. The van der Waals surface area contributed by atoms with Crippen molar-refractivity contribution < 1.29 is 27.4 Å². The van der Waals surface area contributed by atoms with Crippen molar-refractivity contribution in [3.8, 4) is 16.9 Å². The van der Waals surface area contributed by atoms with Gasteiger partial charge in [-0.2, -0.15) is 13.2 Å². The SMILES string of the molecule is COc1cccc([C@H]2OC(=O)N[C@@H]2c2cccc(-c3ccc(C(F)(F)F)cc3)c2)c1. The number of carbonyl (C=O) groups excluding carboxylic acids is 1. The standard InChI is InChI=1S/C23H18F3NO3/c1-29-19-7-3-6-17(13-19)21-20(27-22(28)30-21)16-5-2-4-15(12-16)14-8-10-18(11-9-14)23(24,25)26/h2-13,20-21H,1H3,(H,27,28)/t20-,21-/m1/s1. The van der Waals surface area contributed by atoms with Gasteiger partial charge in [-0.15, -0.1) is 0 Å². The Hall–Kier alpha value is -3.48. The number of halogens is 3. The highest BCUT2D eigenvalue weighted by molar-refractivity contribution is 5.72. The second-order valence-electron chi connectivity index (χ2n) is 6.93. The summed E-state index contributed by atoms with van der Waals surface area (Å²) >= 11 is 0. The van der Waals surface area contributed by atoms with E-state index in [9.17, 15) is 18.0 Å². The number of nitrogens with one attached hydrogen (secondary N) is 1. The number of ether oxygens (including phenoxy) is 2. The van der Waals surface area contributed by atoms with Gasteiger partial charge in [-0.05, 0) is 52.6 Å². The topological polar surface area (TPSA) is 47.6 Å². The molecule has 0 unspecified atom stereocenters. The Labute approximate surface area is 171 Å². The predicted octanol–water partition coefficient (Wildman–Crippen LogP) is 5.90. The predicted molar refractivity (Wildman–Crippen MR) is 105 cm³/mol. The minimum Gasteiger partial charge on any atom is -0.497 e. The van der Waals surface area contributed by atoms with Gasteiger partial charge in [0, 0.05) is 0 Å². The Kier molecular flexibility index (Phi) is 5.11. The van der Waals surface area contributed by atoms with E-state index in [2.05, 4.69) is 5.32 Å². The molecular weight excluding hydrogens is 395 g/mol. The molecule has 0 aromatic heterocycles. The molecule has 3 aromatic carbocycles. The maximum Gasteiger partial charge on any atom is 0.416 e. The van der Waals surface area contributed by atoms with Gasteiger partial charge in [0.15, 0.2) is 6.10 Å². The molecule has 2 atom stereocenters. The lowest BCUT2D eigenvalue weighted by atomic mass is 9.93. The second-order valence-corrected chi connectivity index (χ2v) is 6.93. The maximum absolute atomic E-state index is 12.8. The largest absolute Gasteiger partial charge is 0.497 e. The van der Waals surface area contributed by atoms with E-state index in [0.29, 0.717) is 11.3 Å². The fourth-order valence-electron chi connectivity index (χ4n) is 3.52. The summed E-state index contributed by atoms with van der Waals surface area (Å²) in [6, 6.07) is 19.1. The van der Waals surface area contributed by atoms with Crippen molar-refractivity contribution in [2.75, 3.05) is 7.11 Å². The number of rotatable bonds is 4. The van der Waals surface area contributed by atoms with Crippen LogP contribution >= 0.6 is 0 Å². The van der Waals surface area contributed by atoms with Crippen molar-refractivity contribution in [1.29, 1.82) is 0 Å². The number of carbonyl (C=O) groups is 1.